The molecule has 3 amide bonds. The van der Waals surface area contributed by atoms with Crippen LogP contribution in [0.15, 0.2) is 54.6 Å². The Morgan fingerprint density at radius 1 is 1.00 bits per heavy atom. The first-order valence-corrected chi connectivity index (χ1v) is 8.39. The molecule has 6 nitrogen and oxygen atoms in total. The van der Waals surface area contributed by atoms with E-state index in [1.807, 2.05) is 35.2 Å². The molecule has 2 aromatic rings. The highest BCUT2D eigenvalue weighted by atomic mass is 35.5. The molecule has 7 heteroatoms. The third-order valence-corrected chi connectivity index (χ3v) is 4.28. The van der Waals surface area contributed by atoms with Crippen LogP contribution < -0.4 is 16.4 Å². The molecule has 1 aliphatic rings. The van der Waals surface area contributed by atoms with E-state index >= 15 is 0 Å². The van der Waals surface area contributed by atoms with Gasteiger partial charge in [0.05, 0.1) is 0 Å². The van der Waals surface area contributed by atoms with Crippen LogP contribution in [0.4, 0.5) is 16.2 Å². The van der Waals surface area contributed by atoms with Crippen molar-refractivity contribution in [1.29, 1.82) is 0 Å². The van der Waals surface area contributed by atoms with Crippen molar-refractivity contribution in [2.75, 3.05) is 24.1 Å². The molecular formula is C19H23ClN4O2. The van der Waals surface area contributed by atoms with Gasteiger partial charge in [-0.3, -0.25) is 4.79 Å². The zero-order valence-electron chi connectivity index (χ0n) is 14.4. The summed E-state index contributed by atoms with van der Waals surface area (Å²) < 4.78 is 0. The molecule has 1 fully saturated rings. The standard InChI is InChI=1S/C19H22N4O2.ClH/c20-15-6-4-5-14(13-15)18(24)23-11-9-17(10-12-23)22-19(25)21-16-7-2-1-3-8-16;/h1-8,13,17H,9-12,20H2,(H2,21,22,25);1H. The van der Waals surface area contributed by atoms with Gasteiger partial charge in [0, 0.05) is 36.1 Å². The van der Waals surface area contributed by atoms with Gasteiger partial charge in [-0.05, 0) is 43.2 Å². The number of likely N-dealkylation sites (tertiary alicyclic amines) is 1. The number of urea groups is 1. The Bertz CT molecular complexity index is 746. The second-order valence-corrected chi connectivity index (χ2v) is 6.16. The number of benzene rings is 2. The third-order valence-electron chi connectivity index (χ3n) is 4.28. The minimum Gasteiger partial charge on any atom is -0.399 e. The van der Waals surface area contributed by atoms with Crippen LogP contribution >= 0.6 is 12.4 Å². The summed E-state index contributed by atoms with van der Waals surface area (Å²) in [5.41, 5.74) is 7.69. The van der Waals surface area contributed by atoms with E-state index < -0.39 is 0 Å². The number of amides is 3. The minimum absolute atomic E-state index is 0. The molecular weight excluding hydrogens is 352 g/mol. The number of halogens is 1. The average Bonchev–Trinajstić information content (AvgIpc) is 2.62. The number of hydrogen-bond acceptors (Lipinski definition) is 3. The molecule has 3 rings (SSSR count). The highest BCUT2D eigenvalue weighted by molar-refractivity contribution is 5.95. The number of para-hydroxylation sites is 1. The van der Waals surface area contributed by atoms with E-state index in [9.17, 15) is 9.59 Å². The molecule has 0 aromatic heterocycles. The van der Waals surface area contributed by atoms with Crippen LogP contribution in [0, 0.1) is 0 Å². The SMILES string of the molecule is Cl.Nc1cccc(C(=O)N2CCC(NC(=O)Nc3ccccc3)CC2)c1. The van der Waals surface area contributed by atoms with E-state index in [0.29, 0.717) is 24.3 Å². The Labute approximate surface area is 159 Å². The predicted octanol–water partition coefficient (Wildman–Crippen LogP) is 3.12. The van der Waals surface area contributed by atoms with Gasteiger partial charge in [0.15, 0.2) is 0 Å². The number of piperidine rings is 1. The quantitative estimate of drug-likeness (QED) is 0.721. The summed E-state index contributed by atoms with van der Waals surface area (Å²) in [5.74, 6) is -0.0144. The minimum atomic E-state index is -0.216. The monoisotopic (exact) mass is 374 g/mol. The van der Waals surface area contributed by atoms with Crippen molar-refractivity contribution in [3.63, 3.8) is 0 Å². The number of nitrogen functional groups attached to an aromatic ring is 1. The van der Waals surface area contributed by atoms with E-state index in [1.54, 1.807) is 24.3 Å². The van der Waals surface area contributed by atoms with Crippen molar-refractivity contribution in [2.24, 2.45) is 0 Å². The maximum Gasteiger partial charge on any atom is 0.319 e. The summed E-state index contributed by atoms with van der Waals surface area (Å²) in [4.78, 5) is 26.3. The largest absolute Gasteiger partial charge is 0.399 e. The van der Waals surface area contributed by atoms with Crippen LogP contribution in [0.2, 0.25) is 0 Å². The number of carbonyl (C=O) groups excluding carboxylic acids is 2. The van der Waals surface area contributed by atoms with Gasteiger partial charge in [0.1, 0.15) is 0 Å². The topological polar surface area (TPSA) is 87.5 Å². The molecule has 1 heterocycles. The molecule has 138 valence electrons. The average molecular weight is 375 g/mol. The van der Waals surface area contributed by atoms with E-state index in [2.05, 4.69) is 10.6 Å². The fourth-order valence-electron chi connectivity index (χ4n) is 2.96. The Kier molecular flexibility index (Phi) is 6.86. The second kappa shape index (κ2) is 9.10. The van der Waals surface area contributed by atoms with Gasteiger partial charge in [-0.1, -0.05) is 24.3 Å². The Balaban J connectivity index is 0.00000243. The lowest BCUT2D eigenvalue weighted by Crippen LogP contribution is -2.47. The van der Waals surface area contributed by atoms with Crippen molar-refractivity contribution < 1.29 is 9.59 Å². The van der Waals surface area contributed by atoms with Crippen LogP contribution in [-0.4, -0.2) is 36.0 Å². The maximum atomic E-state index is 12.5. The number of hydrogen-bond donors (Lipinski definition) is 3. The highest BCUT2D eigenvalue weighted by Crippen LogP contribution is 2.16. The first-order chi connectivity index (χ1) is 12.1. The molecule has 0 spiro atoms. The van der Waals surface area contributed by atoms with Crippen LogP contribution in [-0.2, 0) is 0 Å². The molecule has 0 aliphatic carbocycles. The van der Waals surface area contributed by atoms with E-state index in [1.165, 1.54) is 0 Å². The Morgan fingerprint density at radius 3 is 2.35 bits per heavy atom. The molecule has 0 atom stereocenters. The lowest BCUT2D eigenvalue weighted by Gasteiger charge is -2.32. The summed E-state index contributed by atoms with van der Waals surface area (Å²) in [5, 5.41) is 5.78. The van der Waals surface area contributed by atoms with Crippen LogP contribution in [0.25, 0.3) is 0 Å². The molecule has 4 N–H and O–H groups in total. The third kappa shape index (κ3) is 5.13. The fraction of sp³-hybridized carbons (Fsp3) is 0.263. The summed E-state index contributed by atoms with van der Waals surface area (Å²) in [7, 11) is 0. The first kappa shape index (κ1) is 19.6. The zero-order valence-corrected chi connectivity index (χ0v) is 15.2. The molecule has 0 saturated carbocycles. The smallest absolute Gasteiger partial charge is 0.319 e. The normalized spacial score (nSPS) is 14.2. The van der Waals surface area contributed by atoms with Crippen molar-refractivity contribution >= 4 is 35.7 Å². The van der Waals surface area contributed by atoms with Gasteiger partial charge in [0.2, 0.25) is 0 Å². The van der Waals surface area contributed by atoms with Gasteiger partial charge in [-0.25, -0.2) is 4.79 Å². The van der Waals surface area contributed by atoms with E-state index in [4.69, 9.17) is 5.73 Å². The molecule has 0 radical (unpaired) electrons. The number of rotatable bonds is 3. The molecule has 1 saturated heterocycles. The van der Waals surface area contributed by atoms with Gasteiger partial charge in [0.25, 0.3) is 5.91 Å². The number of anilines is 2. The fourth-order valence-corrected chi connectivity index (χ4v) is 2.96. The van der Waals surface area contributed by atoms with Gasteiger partial charge in [-0.15, -0.1) is 12.4 Å². The van der Waals surface area contributed by atoms with Crippen LogP contribution in [0.3, 0.4) is 0 Å². The zero-order chi connectivity index (χ0) is 17.6. The summed E-state index contributed by atoms with van der Waals surface area (Å²) in [6.45, 7) is 1.23. The highest BCUT2D eigenvalue weighted by Gasteiger charge is 2.24. The van der Waals surface area contributed by atoms with Crippen molar-refractivity contribution in [3.05, 3.63) is 60.2 Å². The predicted molar refractivity (Wildman–Crippen MR) is 106 cm³/mol. The number of nitrogens with zero attached hydrogens (tertiary/aromatic N) is 1. The summed E-state index contributed by atoms with van der Waals surface area (Å²) in [6, 6.07) is 16.2. The lowest BCUT2D eigenvalue weighted by molar-refractivity contribution is 0.0709. The molecule has 2 aromatic carbocycles. The Hall–Kier alpha value is -2.73. The first-order valence-electron chi connectivity index (χ1n) is 8.39. The molecule has 0 bridgehead atoms. The van der Waals surface area contributed by atoms with Crippen LogP contribution in [0.1, 0.15) is 23.2 Å². The van der Waals surface area contributed by atoms with Gasteiger partial charge in [-0.2, -0.15) is 0 Å². The number of carbonyl (C=O) groups is 2. The lowest BCUT2D eigenvalue weighted by atomic mass is 10.0. The maximum absolute atomic E-state index is 12.5. The number of nitrogens with two attached hydrogens (primary N) is 1. The van der Waals surface area contributed by atoms with Crippen molar-refractivity contribution in [1.82, 2.24) is 10.2 Å². The molecule has 0 unspecified atom stereocenters. The van der Waals surface area contributed by atoms with E-state index in [0.717, 1.165) is 18.5 Å². The van der Waals surface area contributed by atoms with Crippen LogP contribution in [0.5, 0.6) is 0 Å². The molecule has 26 heavy (non-hydrogen) atoms. The van der Waals surface area contributed by atoms with Crippen molar-refractivity contribution in [2.45, 2.75) is 18.9 Å². The van der Waals surface area contributed by atoms with E-state index in [-0.39, 0.29) is 30.4 Å². The van der Waals surface area contributed by atoms with Crippen molar-refractivity contribution in [3.8, 4) is 0 Å². The summed E-state index contributed by atoms with van der Waals surface area (Å²) >= 11 is 0. The molecule has 1 aliphatic heterocycles. The Morgan fingerprint density at radius 2 is 1.69 bits per heavy atom. The summed E-state index contributed by atoms with van der Waals surface area (Å²) in [6.07, 6.45) is 1.46. The van der Waals surface area contributed by atoms with Gasteiger partial charge >= 0.3 is 6.03 Å². The second-order valence-electron chi connectivity index (χ2n) is 6.16. The van der Waals surface area contributed by atoms with Gasteiger partial charge < -0.3 is 21.3 Å². The number of nitrogens with one attached hydrogen (secondary N) is 2.